The Bertz CT molecular complexity index is 419. The zero-order valence-corrected chi connectivity index (χ0v) is 7.82. The number of ether oxygens (including phenoxy) is 1. The fourth-order valence-electron chi connectivity index (χ4n) is 1.28. The molecule has 14 heavy (non-hydrogen) atoms. The Balaban J connectivity index is 2.39. The van der Waals surface area contributed by atoms with Crippen molar-refractivity contribution < 1.29 is 4.74 Å². The second-order valence-corrected chi connectivity index (χ2v) is 2.93. The van der Waals surface area contributed by atoms with Gasteiger partial charge < -0.3 is 10.5 Å². The molecule has 0 spiro atoms. The number of nitrogens with two attached hydrogens (primary N) is 1. The summed E-state index contributed by atoms with van der Waals surface area (Å²) in [6, 6.07) is 7.64. The number of aromatic amines is 1. The lowest BCUT2D eigenvalue weighted by Gasteiger charge is -2.01. The molecule has 0 saturated heterocycles. The lowest BCUT2D eigenvalue weighted by Crippen LogP contribution is -1.87. The van der Waals surface area contributed by atoms with E-state index in [1.54, 1.807) is 13.3 Å². The molecule has 0 radical (unpaired) electrons. The van der Waals surface area contributed by atoms with Gasteiger partial charge in [0.15, 0.2) is 0 Å². The summed E-state index contributed by atoms with van der Waals surface area (Å²) in [7, 11) is 1.64. The molecule has 1 aromatic heterocycles. The van der Waals surface area contributed by atoms with Gasteiger partial charge in [0.1, 0.15) is 5.75 Å². The van der Waals surface area contributed by atoms with Gasteiger partial charge in [0.05, 0.1) is 24.7 Å². The van der Waals surface area contributed by atoms with E-state index in [-0.39, 0.29) is 0 Å². The molecule has 4 nitrogen and oxygen atoms in total. The summed E-state index contributed by atoms with van der Waals surface area (Å²) in [5.41, 5.74) is 8.21. The Labute approximate surface area is 81.7 Å². The molecule has 0 unspecified atom stereocenters. The van der Waals surface area contributed by atoms with E-state index in [9.17, 15) is 0 Å². The third-order valence-electron chi connectivity index (χ3n) is 2.05. The van der Waals surface area contributed by atoms with Crippen LogP contribution < -0.4 is 10.5 Å². The number of benzene rings is 1. The number of H-pyrrole nitrogens is 1. The highest BCUT2D eigenvalue weighted by Crippen LogP contribution is 2.24. The molecule has 0 bridgehead atoms. The zero-order chi connectivity index (χ0) is 9.97. The maximum atomic E-state index is 5.72. The molecule has 0 aliphatic rings. The van der Waals surface area contributed by atoms with Crippen molar-refractivity contribution in [3.8, 4) is 17.0 Å². The molecule has 0 fully saturated rings. The van der Waals surface area contributed by atoms with Crippen LogP contribution in [0.1, 0.15) is 0 Å². The Morgan fingerprint density at radius 1 is 1.29 bits per heavy atom. The van der Waals surface area contributed by atoms with Crippen LogP contribution in [-0.2, 0) is 0 Å². The molecule has 0 aliphatic heterocycles. The van der Waals surface area contributed by atoms with Crippen molar-refractivity contribution in [2.75, 3.05) is 12.8 Å². The number of anilines is 1. The van der Waals surface area contributed by atoms with Gasteiger partial charge in [-0.25, -0.2) is 0 Å². The molecule has 2 rings (SSSR count). The first-order valence-electron chi connectivity index (χ1n) is 4.24. The summed E-state index contributed by atoms with van der Waals surface area (Å²) in [6.07, 6.45) is 1.60. The van der Waals surface area contributed by atoms with E-state index in [0.29, 0.717) is 5.69 Å². The highest BCUT2D eigenvalue weighted by molar-refractivity contribution is 5.71. The molecular formula is C10H11N3O. The summed E-state index contributed by atoms with van der Waals surface area (Å²) in [6.45, 7) is 0. The molecule has 0 atom stereocenters. The Kier molecular flexibility index (Phi) is 2.10. The van der Waals surface area contributed by atoms with E-state index < -0.39 is 0 Å². The minimum absolute atomic E-state index is 0.648. The number of hydrogen-bond acceptors (Lipinski definition) is 3. The second-order valence-electron chi connectivity index (χ2n) is 2.93. The number of aromatic nitrogens is 2. The van der Waals surface area contributed by atoms with Gasteiger partial charge in [-0.15, -0.1) is 0 Å². The van der Waals surface area contributed by atoms with Gasteiger partial charge in [0.25, 0.3) is 0 Å². The SMILES string of the molecule is COc1ccc(-c2[nH]ncc2N)cc1. The molecule has 0 aliphatic carbocycles. The largest absolute Gasteiger partial charge is 0.497 e. The summed E-state index contributed by atoms with van der Waals surface area (Å²) in [5.74, 6) is 0.826. The summed E-state index contributed by atoms with van der Waals surface area (Å²) in [4.78, 5) is 0. The molecule has 4 heteroatoms. The summed E-state index contributed by atoms with van der Waals surface area (Å²) in [5, 5.41) is 6.70. The summed E-state index contributed by atoms with van der Waals surface area (Å²) < 4.78 is 5.06. The average molecular weight is 189 g/mol. The summed E-state index contributed by atoms with van der Waals surface area (Å²) >= 11 is 0. The topological polar surface area (TPSA) is 63.9 Å². The molecule has 0 amide bonds. The maximum absolute atomic E-state index is 5.72. The number of nitrogen functional groups attached to an aromatic ring is 1. The van der Waals surface area contributed by atoms with Crippen molar-refractivity contribution in [1.82, 2.24) is 10.2 Å². The molecule has 1 heterocycles. The highest BCUT2D eigenvalue weighted by atomic mass is 16.5. The quantitative estimate of drug-likeness (QED) is 0.755. The molecular weight excluding hydrogens is 178 g/mol. The van der Waals surface area contributed by atoms with Crippen molar-refractivity contribution in [2.24, 2.45) is 0 Å². The zero-order valence-electron chi connectivity index (χ0n) is 7.82. The smallest absolute Gasteiger partial charge is 0.118 e. The predicted octanol–water partition coefficient (Wildman–Crippen LogP) is 1.67. The predicted molar refractivity (Wildman–Crippen MR) is 55.0 cm³/mol. The molecule has 2 aromatic rings. The average Bonchev–Trinajstić information content (AvgIpc) is 2.65. The van der Waals surface area contributed by atoms with Crippen LogP contribution >= 0.6 is 0 Å². The fourth-order valence-corrected chi connectivity index (χ4v) is 1.28. The number of nitrogens with zero attached hydrogens (tertiary/aromatic N) is 1. The van der Waals surface area contributed by atoms with E-state index in [0.717, 1.165) is 17.0 Å². The number of methoxy groups -OCH3 is 1. The highest BCUT2D eigenvalue weighted by Gasteiger charge is 2.03. The van der Waals surface area contributed by atoms with Gasteiger partial charge in [-0.1, -0.05) is 0 Å². The standard InChI is InChI=1S/C10H11N3O/c1-14-8-4-2-7(3-5-8)10-9(11)6-12-13-10/h2-6H,11H2,1H3,(H,12,13). The van der Waals surface area contributed by atoms with Gasteiger partial charge in [-0.05, 0) is 24.3 Å². The number of nitrogens with one attached hydrogen (secondary N) is 1. The maximum Gasteiger partial charge on any atom is 0.118 e. The first kappa shape index (κ1) is 8.62. The molecule has 3 N–H and O–H groups in total. The Hall–Kier alpha value is -1.97. The lowest BCUT2D eigenvalue weighted by atomic mass is 10.1. The third-order valence-corrected chi connectivity index (χ3v) is 2.05. The van der Waals surface area contributed by atoms with Crippen LogP contribution in [0.2, 0.25) is 0 Å². The van der Waals surface area contributed by atoms with Crippen LogP contribution in [0.25, 0.3) is 11.3 Å². The van der Waals surface area contributed by atoms with Crippen LogP contribution in [0.5, 0.6) is 5.75 Å². The van der Waals surface area contributed by atoms with Gasteiger partial charge in [0, 0.05) is 5.56 Å². The number of rotatable bonds is 2. The lowest BCUT2D eigenvalue weighted by molar-refractivity contribution is 0.415. The van der Waals surface area contributed by atoms with E-state index in [1.807, 2.05) is 24.3 Å². The van der Waals surface area contributed by atoms with Crippen molar-refractivity contribution in [1.29, 1.82) is 0 Å². The second kappa shape index (κ2) is 3.41. The fraction of sp³-hybridized carbons (Fsp3) is 0.100. The third kappa shape index (κ3) is 1.42. The van der Waals surface area contributed by atoms with Crippen molar-refractivity contribution >= 4 is 5.69 Å². The number of hydrogen-bond donors (Lipinski definition) is 2. The van der Waals surface area contributed by atoms with E-state index >= 15 is 0 Å². The Morgan fingerprint density at radius 2 is 2.00 bits per heavy atom. The van der Waals surface area contributed by atoms with E-state index in [4.69, 9.17) is 10.5 Å². The van der Waals surface area contributed by atoms with Gasteiger partial charge >= 0.3 is 0 Å². The van der Waals surface area contributed by atoms with Gasteiger partial charge in [-0.2, -0.15) is 5.10 Å². The molecule has 1 aromatic carbocycles. The first-order valence-corrected chi connectivity index (χ1v) is 4.24. The first-order chi connectivity index (χ1) is 6.81. The van der Waals surface area contributed by atoms with E-state index in [2.05, 4.69) is 10.2 Å². The van der Waals surface area contributed by atoms with Crippen molar-refractivity contribution in [3.63, 3.8) is 0 Å². The van der Waals surface area contributed by atoms with Crippen LogP contribution in [-0.4, -0.2) is 17.3 Å². The van der Waals surface area contributed by atoms with Gasteiger partial charge in [-0.3, -0.25) is 5.10 Å². The minimum atomic E-state index is 0.648. The monoisotopic (exact) mass is 189 g/mol. The van der Waals surface area contributed by atoms with Crippen LogP contribution in [0.4, 0.5) is 5.69 Å². The van der Waals surface area contributed by atoms with Crippen LogP contribution in [0.3, 0.4) is 0 Å². The molecule has 72 valence electrons. The van der Waals surface area contributed by atoms with Crippen LogP contribution in [0, 0.1) is 0 Å². The van der Waals surface area contributed by atoms with Gasteiger partial charge in [0.2, 0.25) is 0 Å². The van der Waals surface area contributed by atoms with Crippen molar-refractivity contribution in [2.45, 2.75) is 0 Å². The van der Waals surface area contributed by atoms with E-state index in [1.165, 1.54) is 0 Å². The minimum Gasteiger partial charge on any atom is -0.497 e. The van der Waals surface area contributed by atoms with Crippen LogP contribution in [0.15, 0.2) is 30.5 Å². The normalized spacial score (nSPS) is 10.1. The molecule has 0 saturated carbocycles. The van der Waals surface area contributed by atoms with Crippen molar-refractivity contribution in [3.05, 3.63) is 30.5 Å². The Morgan fingerprint density at radius 3 is 2.50 bits per heavy atom.